The van der Waals surface area contributed by atoms with Crippen LogP contribution in [-0.2, 0) is 4.74 Å². The monoisotopic (exact) mass is 269 g/mol. The number of hydrogen-bond donors (Lipinski definition) is 1. The predicted octanol–water partition coefficient (Wildman–Crippen LogP) is 2.88. The van der Waals surface area contributed by atoms with Crippen LogP contribution in [0.1, 0.15) is 0 Å². The normalized spacial score (nSPS) is 11.5. The zero-order chi connectivity index (χ0) is 12.9. The fraction of sp³-hybridized carbons (Fsp3) is 0.400. The van der Waals surface area contributed by atoms with Crippen LogP contribution in [0, 0.1) is 0 Å². The Hall–Kier alpha value is -1.14. The molecule has 1 aromatic rings. The number of para-hydroxylation sites is 1. The number of nitrogen functional groups attached to an aromatic ring is 1. The molecule has 1 rings (SSSR count). The Kier molecular flexibility index (Phi) is 4.89. The van der Waals surface area contributed by atoms with Crippen molar-refractivity contribution in [3.63, 3.8) is 0 Å². The molecule has 0 saturated heterocycles. The van der Waals surface area contributed by atoms with Gasteiger partial charge in [0.05, 0.1) is 17.3 Å². The topological polar surface area (TPSA) is 44.5 Å². The van der Waals surface area contributed by atoms with Crippen LogP contribution in [0.3, 0.4) is 0 Å². The summed E-state index contributed by atoms with van der Waals surface area (Å²) >= 11 is 5.79. The minimum Gasteiger partial charge on any atom is -0.487 e. The molecule has 0 amide bonds. The second-order valence-electron chi connectivity index (χ2n) is 3.17. The van der Waals surface area contributed by atoms with Crippen LogP contribution < -0.4 is 10.5 Å². The molecule has 96 valence electrons. The number of rotatable bonds is 5. The lowest BCUT2D eigenvalue weighted by Gasteiger charge is -2.11. The van der Waals surface area contributed by atoms with Gasteiger partial charge in [0.2, 0.25) is 0 Å². The predicted molar refractivity (Wildman–Crippen MR) is 58.2 cm³/mol. The van der Waals surface area contributed by atoms with Crippen molar-refractivity contribution in [2.24, 2.45) is 0 Å². The Bertz CT molecular complexity index is 351. The molecular formula is C10H11ClF3NO2. The van der Waals surface area contributed by atoms with Crippen molar-refractivity contribution in [3.8, 4) is 5.75 Å². The van der Waals surface area contributed by atoms with Crippen molar-refractivity contribution < 1.29 is 22.6 Å². The van der Waals surface area contributed by atoms with Gasteiger partial charge >= 0.3 is 6.18 Å². The molecule has 0 fully saturated rings. The lowest BCUT2D eigenvalue weighted by atomic mass is 10.3. The maximum atomic E-state index is 11.7. The average molecular weight is 270 g/mol. The molecule has 0 aliphatic heterocycles. The van der Waals surface area contributed by atoms with Gasteiger partial charge < -0.3 is 15.2 Å². The molecule has 0 unspecified atom stereocenters. The molecule has 0 aliphatic rings. The molecule has 0 radical (unpaired) electrons. The van der Waals surface area contributed by atoms with Gasteiger partial charge in [0.1, 0.15) is 13.2 Å². The molecule has 0 atom stereocenters. The molecule has 0 saturated carbocycles. The van der Waals surface area contributed by atoms with E-state index in [1.165, 1.54) is 0 Å². The number of nitrogens with two attached hydrogens (primary N) is 1. The van der Waals surface area contributed by atoms with Crippen LogP contribution >= 0.6 is 11.6 Å². The smallest absolute Gasteiger partial charge is 0.411 e. The lowest BCUT2D eigenvalue weighted by molar-refractivity contribution is -0.175. The molecule has 2 N–H and O–H groups in total. The van der Waals surface area contributed by atoms with Gasteiger partial charge in [-0.2, -0.15) is 13.2 Å². The third-order valence-corrected chi connectivity index (χ3v) is 2.03. The number of ether oxygens (including phenoxy) is 2. The molecular weight excluding hydrogens is 259 g/mol. The first kappa shape index (κ1) is 13.9. The summed E-state index contributed by atoms with van der Waals surface area (Å²) < 4.78 is 44.7. The molecule has 0 bridgehead atoms. The minimum absolute atomic E-state index is 0.0516. The third-order valence-electron chi connectivity index (χ3n) is 1.74. The maximum Gasteiger partial charge on any atom is 0.411 e. The van der Waals surface area contributed by atoms with Crippen LogP contribution in [0.4, 0.5) is 18.9 Å². The molecule has 7 heteroatoms. The van der Waals surface area contributed by atoms with Crippen LogP contribution in [0.2, 0.25) is 5.02 Å². The van der Waals surface area contributed by atoms with Crippen LogP contribution in [0.15, 0.2) is 18.2 Å². The molecule has 0 heterocycles. The molecule has 0 spiro atoms. The second-order valence-corrected chi connectivity index (χ2v) is 3.58. The Morgan fingerprint density at radius 3 is 2.53 bits per heavy atom. The average Bonchev–Trinajstić information content (AvgIpc) is 2.20. The van der Waals surface area contributed by atoms with Crippen molar-refractivity contribution in [3.05, 3.63) is 23.2 Å². The van der Waals surface area contributed by atoms with Crippen LogP contribution in [0.5, 0.6) is 5.75 Å². The van der Waals surface area contributed by atoms with E-state index in [1.807, 2.05) is 0 Å². The van der Waals surface area contributed by atoms with Gasteiger partial charge in [-0.25, -0.2) is 0 Å². The second kappa shape index (κ2) is 5.97. The maximum absolute atomic E-state index is 11.7. The van der Waals surface area contributed by atoms with Crippen molar-refractivity contribution in [1.82, 2.24) is 0 Å². The van der Waals surface area contributed by atoms with Gasteiger partial charge in [0.15, 0.2) is 5.75 Å². The molecule has 0 aromatic heterocycles. The molecule has 0 aliphatic carbocycles. The minimum atomic E-state index is -4.33. The fourth-order valence-electron chi connectivity index (χ4n) is 1.07. The SMILES string of the molecule is Nc1cccc(Cl)c1OCCOCC(F)(F)F. The third kappa shape index (κ3) is 5.14. The summed E-state index contributed by atoms with van der Waals surface area (Å²) in [7, 11) is 0. The Balaban J connectivity index is 2.32. The lowest BCUT2D eigenvalue weighted by Crippen LogP contribution is -2.19. The van der Waals surface area contributed by atoms with Crippen molar-refractivity contribution in [1.29, 1.82) is 0 Å². The van der Waals surface area contributed by atoms with Crippen LogP contribution in [-0.4, -0.2) is 26.0 Å². The van der Waals surface area contributed by atoms with Gasteiger partial charge in [-0.3, -0.25) is 0 Å². The van der Waals surface area contributed by atoms with Crippen molar-refractivity contribution in [2.45, 2.75) is 6.18 Å². The van der Waals surface area contributed by atoms with E-state index in [0.717, 1.165) is 0 Å². The largest absolute Gasteiger partial charge is 0.487 e. The van der Waals surface area contributed by atoms with E-state index in [2.05, 4.69) is 4.74 Å². The quantitative estimate of drug-likeness (QED) is 0.660. The Morgan fingerprint density at radius 2 is 1.94 bits per heavy atom. The summed E-state index contributed by atoms with van der Waals surface area (Å²) in [5, 5.41) is 0.306. The van der Waals surface area contributed by atoms with Crippen molar-refractivity contribution in [2.75, 3.05) is 25.6 Å². The highest BCUT2D eigenvalue weighted by atomic mass is 35.5. The standard InChI is InChI=1S/C10H11ClF3NO2/c11-7-2-1-3-8(15)9(7)17-5-4-16-6-10(12,13)14/h1-3H,4-6,15H2. The van der Waals surface area contributed by atoms with E-state index in [4.69, 9.17) is 22.1 Å². The van der Waals surface area contributed by atoms with Gasteiger partial charge in [-0.15, -0.1) is 0 Å². The first-order valence-corrected chi connectivity index (χ1v) is 5.09. The summed E-state index contributed by atoms with van der Waals surface area (Å²) in [5.41, 5.74) is 5.90. The summed E-state index contributed by atoms with van der Waals surface area (Å²) in [6.45, 7) is -1.54. The molecule has 3 nitrogen and oxygen atoms in total. The number of benzene rings is 1. The highest BCUT2D eigenvalue weighted by Crippen LogP contribution is 2.30. The van der Waals surface area contributed by atoms with E-state index in [1.54, 1.807) is 18.2 Å². The summed E-state index contributed by atoms with van der Waals surface area (Å²) in [6, 6.07) is 4.80. The highest BCUT2D eigenvalue weighted by Gasteiger charge is 2.27. The number of alkyl halides is 3. The van der Waals surface area contributed by atoms with Gasteiger partial charge in [-0.1, -0.05) is 17.7 Å². The number of anilines is 1. The van der Waals surface area contributed by atoms with E-state index < -0.39 is 12.8 Å². The summed E-state index contributed by atoms with van der Waals surface area (Å²) in [4.78, 5) is 0. The Labute approximate surface area is 101 Å². The van der Waals surface area contributed by atoms with E-state index >= 15 is 0 Å². The first-order valence-electron chi connectivity index (χ1n) is 4.71. The van der Waals surface area contributed by atoms with Gasteiger partial charge in [0.25, 0.3) is 0 Å². The Morgan fingerprint density at radius 1 is 1.24 bits per heavy atom. The van der Waals surface area contributed by atoms with E-state index in [0.29, 0.717) is 10.7 Å². The van der Waals surface area contributed by atoms with Crippen LogP contribution in [0.25, 0.3) is 0 Å². The van der Waals surface area contributed by atoms with E-state index in [-0.39, 0.29) is 19.0 Å². The zero-order valence-corrected chi connectivity index (χ0v) is 9.52. The van der Waals surface area contributed by atoms with E-state index in [9.17, 15) is 13.2 Å². The fourth-order valence-corrected chi connectivity index (χ4v) is 1.30. The van der Waals surface area contributed by atoms with Gasteiger partial charge in [0, 0.05) is 0 Å². The van der Waals surface area contributed by atoms with Crippen molar-refractivity contribution >= 4 is 17.3 Å². The van der Waals surface area contributed by atoms with Gasteiger partial charge in [-0.05, 0) is 12.1 Å². The summed E-state index contributed by atoms with van der Waals surface area (Å²) in [6.07, 6.45) is -4.33. The molecule has 17 heavy (non-hydrogen) atoms. The zero-order valence-electron chi connectivity index (χ0n) is 8.76. The highest BCUT2D eigenvalue weighted by molar-refractivity contribution is 6.32. The molecule has 1 aromatic carbocycles. The summed E-state index contributed by atoms with van der Waals surface area (Å²) in [5.74, 6) is 0.254. The first-order chi connectivity index (χ1) is 7.90. The number of halogens is 4. The number of hydrogen-bond acceptors (Lipinski definition) is 3.